The van der Waals surface area contributed by atoms with E-state index in [1.54, 1.807) is 0 Å². The maximum atomic E-state index is 5.64. The standard InChI is InChI=1S/C14H20BrN3S/c1-17(8-9-18-6-2-3-7-18)13-5-4-11(14(16)19)10-12(13)15/h4-5,10H,2-3,6-9H2,1H3,(H2,16,19). The van der Waals surface area contributed by atoms with Gasteiger partial charge in [0.25, 0.3) is 0 Å². The van der Waals surface area contributed by atoms with E-state index in [0.717, 1.165) is 23.1 Å². The third kappa shape index (κ3) is 3.91. The summed E-state index contributed by atoms with van der Waals surface area (Å²) in [6.45, 7) is 4.65. The molecule has 0 unspecified atom stereocenters. The fraction of sp³-hybridized carbons (Fsp3) is 0.500. The van der Waals surface area contributed by atoms with Gasteiger partial charge in [-0.15, -0.1) is 0 Å². The summed E-state index contributed by atoms with van der Waals surface area (Å²) in [4.78, 5) is 5.23. The second-order valence-corrected chi connectivity index (χ2v) is 6.29. The van der Waals surface area contributed by atoms with Crippen LogP contribution in [0.3, 0.4) is 0 Å². The number of thiocarbonyl (C=S) groups is 1. The van der Waals surface area contributed by atoms with E-state index in [1.165, 1.54) is 31.6 Å². The van der Waals surface area contributed by atoms with Gasteiger partial charge in [-0.1, -0.05) is 12.2 Å². The number of nitrogens with two attached hydrogens (primary N) is 1. The molecule has 0 amide bonds. The number of anilines is 1. The number of benzene rings is 1. The highest BCUT2D eigenvalue weighted by Crippen LogP contribution is 2.26. The number of rotatable bonds is 5. The Morgan fingerprint density at radius 2 is 2.11 bits per heavy atom. The topological polar surface area (TPSA) is 32.5 Å². The molecular weight excluding hydrogens is 322 g/mol. The summed E-state index contributed by atoms with van der Waals surface area (Å²) in [5.74, 6) is 0. The van der Waals surface area contributed by atoms with Crippen molar-refractivity contribution in [3.05, 3.63) is 28.2 Å². The second-order valence-electron chi connectivity index (χ2n) is 5.00. The van der Waals surface area contributed by atoms with Crippen molar-refractivity contribution in [1.82, 2.24) is 4.90 Å². The van der Waals surface area contributed by atoms with Crippen LogP contribution in [0.25, 0.3) is 0 Å². The first-order valence-electron chi connectivity index (χ1n) is 6.61. The largest absolute Gasteiger partial charge is 0.389 e. The molecule has 104 valence electrons. The zero-order valence-corrected chi connectivity index (χ0v) is 13.6. The molecule has 2 N–H and O–H groups in total. The number of likely N-dealkylation sites (N-methyl/N-ethyl adjacent to an activating group) is 1. The van der Waals surface area contributed by atoms with Crippen molar-refractivity contribution in [2.45, 2.75) is 12.8 Å². The van der Waals surface area contributed by atoms with Crippen LogP contribution in [0.4, 0.5) is 5.69 Å². The van der Waals surface area contributed by atoms with Crippen LogP contribution in [-0.4, -0.2) is 43.1 Å². The van der Waals surface area contributed by atoms with Gasteiger partial charge in [-0.3, -0.25) is 0 Å². The smallest absolute Gasteiger partial charge is 0.104 e. The first-order valence-corrected chi connectivity index (χ1v) is 7.81. The van der Waals surface area contributed by atoms with Gasteiger partial charge in [-0.2, -0.15) is 0 Å². The van der Waals surface area contributed by atoms with Crippen molar-refractivity contribution in [3.8, 4) is 0 Å². The van der Waals surface area contributed by atoms with Gasteiger partial charge in [0.2, 0.25) is 0 Å². The van der Waals surface area contributed by atoms with Crippen LogP contribution in [0.2, 0.25) is 0 Å². The zero-order valence-electron chi connectivity index (χ0n) is 11.2. The first-order chi connectivity index (χ1) is 9.08. The molecule has 3 nitrogen and oxygen atoms in total. The monoisotopic (exact) mass is 341 g/mol. The maximum absolute atomic E-state index is 5.64. The summed E-state index contributed by atoms with van der Waals surface area (Å²) in [6.07, 6.45) is 2.69. The fourth-order valence-electron chi connectivity index (χ4n) is 2.39. The molecule has 0 saturated carbocycles. The van der Waals surface area contributed by atoms with E-state index in [0.29, 0.717) is 4.99 Å². The Kier molecular flexibility index (Phi) is 5.19. The van der Waals surface area contributed by atoms with Crippen LogP contribution < -0.4 is 10.6 Å². The van der Waals surface area contributed by atoms with Gasteiger partial charge in [0.15, 0.2) is 0 Å². The minimum atomic E-state index is 0.437. The lowest BCUT2D eigenvalue weighted by atomic mass is 10.2. The van der Waals surface area contributed by atoms with E-state index in [-0.39, 0.29) is 0 Å². The Bertz CT molecular complexity index is 458. The summed E-state index contributed by atoms with van der Waals surface area (Å²) in [6, 6.07) is 6.04. The molecule has 0 aliphatic carbocycles. The highest BCUT2D eigenvalue weighted by Gasteiger charge is 2.13. The van der Waals surface area contributed by atoms with Gasteiger partial charge in [-0.05, 0) is 60.1 Å². The molecule has 0 aromatic heterocycles. The summed E-state index contributed by atoms with van der Waals surface area (Å²) in [7, 11) is 2.12. The molecule has 0 spiro atoms. The highest BCUT2D eigenvalue weighted by molar-refractivity contribution is 9.10. The Morgan fingerprint density at radius 1 is 1.42 bits per heavy atom. The van der Waals surface area contributed by atoms with Gasteiger partial charge in [0, 0.05) is 30.2 Å². The number of hydrogen-bond acceptors (Lipinski definition) is 3. The van der Waals surface area contributed by atoms with Crippen molar-refractivity contribution >= 4 is 38.8 Å². The average Bonchev–Trinajstić information content (AvgIpc) is 2.88. The number of hydrogen-bond donors (Lipinski definition) is 1. The Labute approximate surface area is 128 Å². The molecule has 1 fully saturated rings. The van der Waals surface area contributed by atoms with E-state index in [1.807, 2.05) is 12.1 Å². The maximum Gasteiger partial charge on any atom is 0.104 e. The van der Waals surface area contributed by atoms with Crippen LogP contribution in [0, 0.1) is 0 Å². The minimum Gasteiger partial charge on any atom is -0.389 e. The summed E-state index contributed by atoms with van der Waals surface area (Å²) < 4.78 is 1.04. The molecular formula is C14H20BrN3S. The molecule has 1 aliphatic rings. The Morgan fingerprint density at radius 3 is 2.68 bits per heavy atom. The molecule has 1 aliphatic heterocycles. The van der Waals surface area contributed by atoms with Crippen LogP contribution in [0.15, 0.2) is 22.7 Å². The molecule has 0 bridgehead atoms. The summed E-state index contributed by atoms with van der Waals surface area (Å²) in [5.41, 5.74) is 7.72. The Hall–Kier alpha value is -0.650. The number of likely N-dealkylation sites (tertiary alicyclic amines) is 1. The lowest BCUT2D eigenvalue weighted by Crippen LogP contribution is -2.31. The lowest BCUT2D eigenvalue weighted by Gasteiger charge is -2.24. The van der Waals surface area contributed by atoms with Gasteiger partial charge < -0.3 is 15.5 Å². The molecule has 5 heteroatoms. The van der Waals surface area contributed by atoms with Crippen molar-refractivity contribution in [1.29, 1.82) is 0 Å². The quantitative estimate of drug-likeness (QED) is 0.834. The highest BCUT2D eigenvalue weighted by atomic mass is 79.9. The summed E-state index contributed by atoms with van der Waals surface area (Å²) >= 11 is 8.59. The van der Waals surface area contributed by atoms with E-state index in [2.05, 4.69) is 38.8 Å². The Balaban J connectivity index is 1.98. The molecule has 1 saturated heterocycles. The zero-order chi connectivity index (χ0) is 13.8. The second kappa shape index (κ2) is 6.68. The summed E-state index contributed by atoms with van der Waals surface area (Å²) in [5, 5.41) is 0. The number of halogens is 1. The van der Waals surface area contributed by atoms with Crippen LogP contribution >= 0.6 is 28.1 Å². The van der Waals surface area contributed by atoms with Crippen molar-refractivity contribution < 1.29 is 0 Å². The predicted molar refractivity (Wildman–Crippen MR) is 89.0 cm³/mol. The molecule has 1 aromatic carbocycles. The van der Waals surface area contributed by atoms with Crippen LogP contribution in [0.5, 0.6) is 0 Å². The first kappa shape index (κ1) is 14.8. The van der Waals surface area contributed by atoms with E-state index in [9.17, 15) is 0 Å². The van der Waals surface area contributed by atoms with Gasteiger partial charge in [-0.25, -0.2) is 0 Å². The average molecular weight is 342 g/mol. The predicted octanol–water partition coefficient (Wildman–Crippen LogP) is 2.62. The molecule has 2 rings (SSSR count). The van der Waals surface area contributed by atoms with E-state index < -0.39 is 0 Å². The van der Waals surface area contributed by atoms with Crippen LogP contribution in [-0.2, 0) is 0 Å². The SMILES string of the molecule is CN(CCN1CCCC1)c1ccc(C(N)=S)cc1Br. The van der Waals surface area contributed by atoms with Gasteiger partial charge in [0.1, 0.15) is 4.99 Å². The molecule has 0 radical (unpaired) electrons. The molecule has 0 atom stereocenters. The van der Waals surface area contributed by atoms with Crippen molar-refractivity contribution in [2.24, 2.45) is 5.73 Å². The molecule has 1 heterocycles. The normalized spacial score (nSPS) is 15.7. The number of nitrogens with zero attached hydrogens (tertiary/aromatic N) is 2. The third-order valence-corrected chi connectivity index (χ3v) is 4.46. The third-order valence-electron chi connectivity index (χ3n) is 3.59. The van der Waals surface area contributed by atoms with Crippen molar-refractivity contribution in [3.63, 3.8) is 0 Å². The van der Waals surface area contributed by atoms with Gasteiger partial charge >= 0.3 is 0 Å². The van der Waals surface area contributed by atoms with Crippen LogP contribution in [0.1, 0.15) is 18.4 Å². The van der Waals surface area contributed by atoms with E-state index >= 15 is 0 Å². The molecule has 1 aromatic rings. The molecule has 19 heavy (non-hydrogen) atoms. The van der Waals surface area contributed by atoms with Gasteiger partial charge in [0.05, 0.1) is 5.69 Å². The fourth-order valence-corrected chi connectivity index (χ4v) is 3.20. The minimum absolute atomic E-state index is 0.437. The van der Waals surface area contributed by atoms with Crippen molar-refractivity contribution in [2.75, 3.05) is 38.1 Å². The van der Waals surface area contributed by atoms with E-state index in [4.69, 9.17) is 18.0 Å². The lowest BCUT2D eigenvalue weighted by molar-refractivity contribution is 0.346.